The van der Waals surface area contributed by atoms with Gasteiger partial charge in [0.05, 0.1) is 11.1 Å². The van der Waals surface area contributed by atoms with Crippen LogP contribution in [-0.2, 0) is 11.3 Å². The fourth-order valence-electron chi connectivity index (χ4n) is 2.41. The summed E-state index contributed by atoms with van der Waals surface area (Å²) in [5, 5.41) is 12.6. The third kappa shape index (κ3) is 3.79. The molecule has 0 radical (unpaired) electrons. The summed E-state index contributed by atoms with van der Waals surface area (Å²) in [4.78, 5) is 13.3. The second kappa shape index (κ2) is 6.67. The van der Waals surface area contributed by atoms with Gasteiger partial charge in [-0.25, -0.2) is 9.18 Å². The molecule has 4 nitrogen and oxygen atoms in total. The molecule has 23 heavy (non-hydrogen) atoms. The van der Waals surface area contributed by atoms with E-state index in [1.54, 1.807) is 29.3 Å². The molecule has 2 rings (SSSR count). The van der Waals surface area contributed by atoms with Gasteiger partial charge in [-0.3, -0.25) is 5.32 Å². The molecule has 1 atom stereocenters. The molecular formula is C18H19FN2O2. The molecule has 0 spiro atoms. The number of carbonyl (C=O) groups is 1. The molecule has 0 bridgehead atoms. The average molecular weight is 314 g/mol. The number of terminal acetylenes is 1. The van der Waals surface area contributed by atoms with Gasteiger partial charge < -0.3 is 10.0 Å². The Kier molecular flexibility index (Phi) is 4.87. The number of nitrogens with zero attached hydrogens (tertiary/aromatic N) is 1. The summed E-state index contributed by atoms with van der Waals surface area (Å²) in [5.74, 6) is 1.31. The predicted octanol–water partition coefficient (Wildman–Crippen LogP) is 2.49. The predicted molar refractivity (Wildman–Crippen MR) is 86.6 cm³/mol. The minimum absolute atomic E-state index is 0.187. The molecule has 0 amide bonds. The van der Waals surface area contributed by atoms with Crippen LogP contribution in [0, 0.1) is 18.2 Å². The first kappa shape index (κ1) is 16.8. The molecule has 2 N–H and O–H groups in total. The lowest BCUT2D eigenvalue weighted by atomic mass is 9.99. The smallest absolute Gasteiger partial charge is 0.335 e. The van der Waals surface area contributed by atoms with Gasteiger partial charge in [0.1, 0.15) is 12.0 Å². The lowest BCUT2D eigenvalue weighted by Crippen LogP contribution is -2.54. The number of rotatable bonds is 5. The lowest BCUT2D eigenvalue weighted by Gasteiger charge is -2.42. The van der Waals surface area contributed by atoms with Crippen LogP contribution in [0.5, 0.6) is 0 Å². The Morgan fingerprint density at radius 2 is 2.26 bits per heavy atom. The van der Waals surface area contributed by atoms with E-state index in [1.807, 2.05) is 13.8 Å². The molecule has 0 saturated carbocycles. The van der Waals surface area contributed by atoms with Crippen molar-refractivity contribution in [3.05, 3.63) is 59.6 Å². The Hall–Kier alpha value is -2.58. The molecule has 0 aromatic heterocycles. The Balaban J connectivity index is 2.25. The highest BCUT2D eigenvalue weighted by Gasteiger charge is 2.34. The highest BCUT2D eigenvalue weighted by molar-refractivity contribution is 5.88. The number of aliphatic carboxylic acids is 1. The fraction of sp³-hybridized carbons (Fsp3) is 0.278. The first-order valence-electron chi connectivity index (χ1n) is 7.21. The van der Waals surface area contributed by atoms with Gasteiger partial charge in [-0.15, -0.1) is 6.42 Å². The number of allylic oxidation sites excluding steroid dienone is 2. The zero-order chi connectivity index (χ0) is 17.0. The van der Waals surface area contributed by atoms with E-state index in [-0.39, 0.29) is 11.4 Å². The lowest BCUT2D eigenvalue weighted by molar-refractivity contribution is -0.133. The molecule has 0 aliphatic carbocycles. The molecule has 1 aliphatic rings. The van der Waals surface area contributed by atoms with Crippen molar-refractivity contribution >= 4 is 5.97 Å². The summed E-state index contributed by atoms with van der Waals surface area (Å²) < 4.78 is 13.3. The van der Waals surface area contributed by atoms with Crippen LogP contribution in [0.4, 0.5) is 4.39 Å². The maximum absolute atomic E-state index is 13.3. The van der Waals surface area contributed by atoms with Crippen LogP contribution in [-0.4, -0.2) is 27.7 Å². The molecule has 5 heteroatoms. The molecular weight excluding hydrogens is 295 g/mol. The average Bonchev–Trinajstić information content (AvgIpc) is 2.52. The zero-order valence-corrected chi connectivity index (χ0v) is 13.1. The first-order chi connectivity index (χ1) is 10.8. The molecule has 0 saturated heterocycles. The minimum Gasteiger partial charge on any atom is -0.478 e. The van der Waals surface area contributed by atoms with Crippen LogP contribution >= 0.6 is 0 Å². The van der Waals surface area contributed by atoms with Gasteiger partial charge in [0, 0.05) is 12.7 Å². The van der Waals surface area contributed by atoms with Crippen LogP contribution in [0.3, 0.4) is 0 Å². The second-order valence-electron chi connectivity index (χ2n) is 5.79. The SMILES string of the molecule is C#CC(C)(C)N1C=CC=C(C(=O)O)C1NCc1cccc(F)c1. The monoisotopic (exact) mass is 314 g/mol. The summed E-state index contributed by atoms with van der Waals surface area (Å²) in [6, 6.07) is 6.16. The van der Waals surface area contributed by atoms with E-state index in [1.165, 1.54) is 18.2 Å². The number of carboxylic acids is 1. The minimum atomic E-state index is -1.02. The standard InChI is InChI=1S/C18H19FN2O2/c1-4-18(2,3)21-10-6-9-15(17(22)23)16(21)20-12-13-7-5-8-14(19)11-13/h1,5-11,16,20H,12H2,2-3H3,(H,22,23). The molecule has 1 aromatic carbocycles. The maximum atomic E-state index is 13.3. The van der Waals surface area contributed by atoms with Gasteiger partial charge in [-0.05, 0) is 43.7 Å². The van der Waals surface area contributed by atoms with Gasteiger partial charge in [-0.1, -0.05) is 18.1 Å². The summed E-state index contributed by atoms with van der Waals surface area (Å²) in [6.07, 6.45) is 9.92. The zero-order valence-electron chi connectivity index (χ0n) is 13.1. The van der Waals surface area contributed by atoms with E-state index < -0.39 is 17.7 Å². The quantitative estimate of drug-likeness (QED) is 0.820. The van der Waals surface area contributed by atoms with Crippen molar-refractivity contribution in [2.45, 2.75) is 32.1 Å². The largest absolute Gasteiger partial charge is 0.478 e. The van der Waals surface area contributed by atoms with E-state index in [2.05, 4.69) is 11.2 Å². The van der Waals surface area contributed by atoms with Gasteiger partial charge in [0.25, 0.3) is 0 Å². The summed E-state index contributed by atoms with van der Waals surface area (Å²) in [6.45, 7) is 3.98. The van der Waals surface area contributed by atoms with E-state index in [0.29, 0.717) is 6.54 Å². The summed E-state index contributed by atoms with van der Waals surface area (Å²) in [7, 11) is 0. The number of halogens is 1. The van der Waals surface area contributed by atoms with E-state index in [0.717, 1.165) is 5.56 Å². The van der Waals surface area contributed by atoms with Crippen LogP contribution < -0.4 is 5.32 Å². The fourth-order valence-corrected chi connectivity index (χ4v) is 2.41. The van der Waals surface area contributed by atoms with E-state index in [4.69, 9.17) is 6.42 Å². The normalized spacial score (nSPS) is 17.6. The third-order valence-corrected chi connectivity index (χ3v) is 3.73. The van der Waals surface area contributed by atoms with Crippen LogP contribution in [0.1, 0.15) is 19.4 Å². The summed E-state index contributed by atoms with van der Waals surface area (Å²) >= 11 is 0. The van der Waals surface area contributed by atoms with Gasteiger partial charge >= 0.3 is 5.97 Å². The van der Waals surface area contributed by atoms with Crippen LogP contribution in [0.15, 0.2) is 48.2 Å². The van der Waals surface area contributed by atoms with Crippen LogP contribution in [0.25, 0.3) is 0 Å². The molecule has 0 fully saturated rings. The van der Waals surface area contributed by atoms with Crippen molar-refractivity contribution in [2.24, 2.45) is 0 Å². The first-order valence-corrected chi connectivity index (χ1v) is 7.21. The third-order valence-electron chi connectivity index (χ3n) is 3.73. The van der Waals surface area contributed by atoms with Crippen molar-refractivity contribution in [1.29, 1.82) is 0 Å². The highest BCUT2D eigenvalue weighted by atomic mass is 19.1. The number of hydrogen-bond donors (Lipinski definition) is 2. The van der Waals surface area contributed by atoms with Gasteiger partial charge in [0.2, 0.25) is 0 Å². The highest BCUT2D eigenvalue weighted by Crippen LogP contribution is 2.24. The Morgan fingerprint density at radius 3 is 2.87 bits per heavy atom. The second-order valence-corrected chi connectivity index (χ2v) is 5.79. The Morgan fingerprint density at radius 1 is 1.52 bits per heavy atom. The van der Waals surface area contributed by atoms with Crippen molar-refractivity contribution in [3.8, 4) is 12.3 Å². The molecule has 1 unspecified atom stereocenters. The number of carboxylic acid groups (broad SMARTS) is 1. The molecule has 120 valence electrons. The van der Waals surface area contributed by atoms with E-state index >= 15 is 0 Å². The molecule has 1 heterocycles. The topological polar surface area (TPSA) is 52.6 Å². The molecule has 1 aromatic rings. The van der Waals surface area contributed by atoms with E-state index in [9.17, 15) is 14.3 Å². The number of hydrogen-bond acceptors (Lipinski definition) is 3. The van der Waals surface area contributed by atoms with Gasteiger partial charge in [0.15, 0.2) is 0 Å². The summed E-state index contributed by atoms with van der Waals surface area (Å²) in [5.41, 5.74) is 0.236. The van der Waals surface area contributed by atoms with Crippen LogP contribution in [0.2, 0.25) is 0 Å². The number of nitrogens with one attached hydrogen (secondary N) is 1. The number of benzene rings is 1. The van der Waals surface area contributed by atoms with Crippen molar-refractivity contribution in [3.63, 3.8) is 0 Å². The van der Waals surface area contributed by atoms with Crippen molar-refractivity contribution in [2.75, 3.05) is 0 Å². The van der Waals surface area contributed by atoms with Crippen molar-refractivity contribution < 1.29 is 14.3 Å². The Bertz CT molecular complexity index is 701. The molecule has 1 aliphatic heterocycles. The van der Waals surface area contributed by atoms with Gasteiger partial charge in [-0.2, -0.15) is 0 Å². The Labute approximate surface area is 135 Å². The maximum Gasteiger partial charge on any atom is 0.335 e. The van der Waals surface area contributed by atoms with Crippen molar-refractivity contribution in [1.82, 2.24) is 10.2 Å².